The number of piperidine rings is 1. The van der Waals surface area contributed by atoms with E-state index in [0.29, 0.717) is 30.7 Å². The van der Waals surface area contributed by atoms with Crippen molar-refractivity contribution in [2.75, 3.05) is 25.0 Å². The molecule has 0 bridgehead atoms. The lowest BCUT2D eigenvalue weighted by molar-refractivity contribution is 0.0182. The summed E-state index contributed by atoms with van der Waals surface area (Å²) in [6.07, 6.45) is 2.43. The molecule has 1 saturated heterocycles. The largest absolute Gasteiger partial charge is 0.508 e. The molecule has 8 nitrogen and oxygen atoms in total. The topological polar surface area (TPSA) is 104 Å². The number of aromatic nitrogens is 1. The van der Waals surface area contributed by atoms with Crippen LogP contribution in [0.25, 0.3) is 10.2 Å². The maximum Gasteiger partial charge on any atom is 0.410 e. The standard InChI is InChI=1S/C20H28N4O4S/c1-20(2,3)28-19(27)24-10-7-13(8-11-24)6-9-21-17(26)23-18-22-15-5-4-14(25)12-16(15)29-18/h4-5,12-13,25H,6-11H2,1-3H3,(H2,21,22,23,26). The maximum atomic E-state index is 12.1. The molecule has 2 heterocycles. The summed E-state index contributed by atoms with van der Waals surface area (Å²) in [4.78, 5) is 30.3. The number of nitrogens with one attached hydrogen (secondary N) is 2. The Labute approximate surface area is 174 Å². The lowest BCUT2D eigenvalue weighted by Gasteiger charge is -2.33. The number of hydrogen-bond acceptors (Lipinski definition) is 6. The Morgan fingerprint density at radius 2 is 2.03 bits per heavy atom. The molecule has 1 fully saturated rings. The number of fused-ring (bicyclic) bond motifs is 1. The number of anilines is 1. The molecule has 1 aliphatic rings. The number of urea groups is 1. The Kier molecular flexibility index (Phi) is 6.46. The Hall–Kier alpha value is -2.55. The molecule has 1 aromatic heterocycles. The van der Waals surface area contributed by atoms with Crippen LogP contribution in [0.2, 0.25) is 0 Å². The molecule has 9 heteroatoms. The van der Waals surface area contributed by atoms with Gasteiger partial charge in [-0.1, -0.05) is 11.3 Å². The van der Waals surface area contributed by atoms with E-state index in [-0.39, 0.29) is 17.9 Å². The number of carbonyl (C=O) groups excluding carboxylic acids is 2. The van der Waals surface area contributed by atoms with Gasteiger partial charge in [-0.3, -0.25) is 5.32 Å². The first-order valence-corrected chi connectivity index (χ1v) is 10.6. The van der Waals surface area contributed by atoms with Gasteiger partial charge in [0.25, 0.3) is 0 Å². The molecule has 0 radical (unpaired) electrons. The quantitative estimate of drug-likeness (QED) is 0.689. The number of carbonyl (C=O) groups is 2. The van der Waals surface area contributed by atoms with Crippen molar-refractivity contribution >= 4 is 38.8 Å². The average Bonchev–Trinajstić information content (AvgIpc) is 3.02. The predicted octanol–water partition coefficient (Wildman–Crippen LogP) is 4.16. The fraction of sp³-hybridized carbons (Fsp3) is 0.550. The van der Waals surface area contributed by atoms with E-state index in [9.17, 15) is 14.7 Å². The monoisotopic (exact) mass is 420 g/mol. The number of phenols is 1. The molecule has 0 aliphatic carbocycles. The number of phenolic OH excluding ortho intramolecular Hbond substituents is 1. The van der Waals surface area contributed by atoms with E-state index in [1.54, 1.807) is 23.1 Å². The minimum atomic E-state index is -0.477. The lowest BCUT2D eigenvalue weighted by Crippen LogP contribution is -2.42. The van der Waals surface area contributed by atoms with Crippen molar-refractivity contribution in [2.24, 2.45) is 5.92 Å². The minimum absolute atomic E-state index is 0.176. The number of ether oxygens (including phenoxy) is 1. The highest BCUT2D eigenvalue weighted by molar-refractivity contribution is 7.22. The second-order valence-electron chi connectivity index (χ2n) is 8.25. The Morgan fingerprint density at radius 1 is 1.31 bits per heavy atom. The molecule has 1 aliphatic heterocycles. The van der Waals surface area contributed by atoms with Gasteiger partial charge >= 0.3 is 12.1 Å². The van der Waals surface area contributed by atoms with Crippen molar-refractivity contribution in [1.29, 1.82) is 0 Å². The van der Waals surface area contributed by atoms with Crippen LogP contribution < -0.4 is 10.6 Å². The van der Waals surface area contributed by atoms with Gasteiger partial charge < -0.3 is 20.1 Å². The number of hydrogen-bond donors (Lipinski definition) is 3. The highest BCUT2D eigenvalue weighted by atomic mass is 32.1. The zero-order chi connectivity index (χ0) is 21.0. The molecule has 0 saturated carbocycles. The van der Waals surface area contributed by atoms with Crippen LogP contribution in [0, 0.1) is 5.92 Å². The first kappa shape index (κ1) is 21.2. The Bertz CT molecular complexity index is 869. The summed E-state index contributed by atoms with van der Waals surface area (Å²) in [6.45, 7) is 7.54. The van der Waals surface area contributed by atoms with Crippen molar-refractivity contribution < 1.29 is 19.4 Å². The summed E-state index contributed by atoms with van der Waals surface area (Å²) in [5.74, 6) is 0.647. The van der Waals surface area contributed by atoms with Crippen LogP contribution in [-0.2, 0) is 4.74 Å². The normalized spacial score (nSPS) is 15.3. The van der Waals surface area contributed by atoms with Crippen LogP contribution in [0.3, 0.4) is 0 Å². The molecule has 2 aromatic rings. The van der Waals surface area contributed by atoms with E-state index >= 15 is 0 Å². The second kappa shape index (κ2) is 8.86. The summed E-state index contributed by atoms with van der Waals surface area (Å²) in [5, 5.41) is 15.6. The van der Waals surface area contributed by atoms with Crippen LogP contribution in [0.4, 0.5) is 14.7 Å². The van der Waals surface area contributed by atoms with Crippen LogP contribution in [-0.4, -0.2) is 52.4 Å². The number of amides is 3. The number of nitrogens with zero attached hydrogens (tertiary/aromatic N) is 2. The second-order valence-corrected chi connectivity index (χ2v) is 9.28. The van der Waals surface area contributed by atoms with Gasteiger partial charge in [-0.2, -0.15) is 0 Å². The van der Waals surface area contributed by atoms with Crippen LogP contribution in [0.5, 0.6) is 5.75 Å². The third-order valence-corrected chi connectivity index (χ3v) is 5.63. The minimum Gasteiger partial charge on any atom is -0.508 e. The number of benzene rings is 1. The van der Waals surface area contributed by atoms with Gasteiger partial charge in [-0.15, -0.1) is 0 Å². The van der Waals surface area contributed by atoms with E-state index in [4.69, 9.17) is 4.74 Å². The summed E-state index contributed by atoms with van der Waals surface area (Å²) in [6, 6.07) is 4.62. The van der Waals surface area contributed by atoms with Crippen molar-refractivity contribution in [3.05, 3.63) is 18.2 Å². The summed E-state index contributed by atoms with van der Waals surface area (Å²) in [7, 11) is 0. The zero-order valence-corrected chi connectivity index (χ0v) is 17.8. The van der Waals surface area contributed by atoms with Gasteiger partial charge in [-0.05, 0) is 64.2 Å². The molecule has 3 rings (SSSR count). The number of aromatic hydroxyl groups is 1. The number of rotatable bonds is 4. The fourth-order valence-corrected chi connectivity index (χ4v) is 4.12. The van der Waals surface area contributed by atoms with Crippen LogP contribution >= 0.6 is 11.3 Å². The summed E-state index contributed by atoms with van der Waals surface area (Å²) < 4.78 is 6.23. The average molecular weight is 421 g/mol. The van der Waals surface area contributed by atoms with Crippen LogP contribution in [0.1, 0.15) is 40.0 Å². The van der Waals surface area contributed by atoms with Gasteiger partial charge in [0.2, 0.25) is 0 Å². The summed E-state index contributed by atoms with van der Waals surface area (Å²) in [5.41, 5.74) is 0.259. The molecule has 0 atom stereocenters. The highest BCUT2D eigenvalue weighted by Crippen LogP contribution is 2.28. The SMILES string of the molecule is CC(C)(C)OC(=O)N1CCC(CCNC(=O)Nc2nc3ccc(O)cc3s2)CC1. The first-order chi connectivity index (χ1) is 13.7. The third kappa shape index (κ3) is 6.22. The van der Waals surface area contributed by atoms with Crippen molar-refractivity contribution in [3.63, 3.8) is 0 Å². The molecular weight excluding hydrogens is 392 g/mol. The summed E-state index contributed by atoms with van der Waals surface area (Å²) >= 11 is 1.32. The smallest absolute Gasteiger partial charge is 0.410 e. The first-order valence-electron chi connectivity index (χ1n) is 9.82. The molecule has 1 aromatic carbocycles. The number of likely N-dealkylation sites (tertiary alicyclic amines) is 1. The van der Waals surface area contributed by atoms with Crippen molar-refractivity contribution in [2.45, 2.75) is 45.6 Å². The van der Waals surface area contributed by atoms with Gasteiger partial charge in [0, 0.05) is 19.6 Å². The Balaban J connectivity index is 1.37. The Morgan fingerprint density at radius 3 is 2.72 bits per heavy atom. The molecule has 158 valence electrons. The molecule has 29 heavy (non-hydrogen) atoms. The number of thiazole rings is 1. The van der Waals surface area contributed by atoms with E-state index in [1.807, 2.05) is 20.8 Å². The van der Waals surface area contributed by atoms with Gasteiger partial charge in [0.05, 0.1) is 10.2 Å². The highest BCUT2D eigenvalue weighted by Gasteiger charge is 2.26. The molecule has 3 N–H and O–H groups in total. The molecule has 0 spiro atoms. The van der Waals surface area contributed by atoms with E-state index in [1.165, 1.54) is 11.3 Å². The van der Waals surface area contributed by atoms with Gasteiger partial charge in [0.1, 0.15) is 11.4 Å². The van der Waals surface area contributed by atoms with Gasteiger partial charge in [0.15, 0.2) is 5.13 Å². The van der Waals surface area contributed by atoms with Crippen molar-refractivity contribution in [1.82, 2.24) is 15.2 Å². The van der Waals surface area contributed by atoms with Crippen molar-refractivity contribution in [3.8, 4) is 5.75 Å². The van der Waals surface area contributed by atoms with E-state index < -0.39 is 5.60 Å². The maximum absolute atomic E-state index is 12.1. The van der Waals surface area contributed by atoms with E-state index in [0.717, 1.165) is 29.5 Å². The molecular formula is C20H28N4O4S. The lowest BCUT2D eigenvalue weighted by atomic mass is 9.94. The van der Waals surface area contributed by atoms with Crippen LogP contribution in [0.15, 0.2) is 18.2 Å². The van der Waals surface area contributed by atoms with Gasteiger partial charge in [-0.25, -0.2) is 14.6 Å². The molecule has 0 unspecified atom stereocenters. The molecule has 3 amide bonds. The van der Waals surface area contributed by atoms with E-state index in [2.05, 4.69) is 15.6 Å². The third-order valence-electron chi connectivity index (χ3n) is 4.70. The predicted molar refractivity (Wildman–Crippen MR) is 113 cm³/mol. The fourth-order valence-electron chi connectivity index (χ4n) is 3.23. The zero-order valence-electron chi connectivity index (χ0n) is 17.0.